The van der Waals surface area contributed by atoms with Crippen LogP contribution in [0.1, 0.15) is 57.2 Å². The number of hydrogen-bond donors (Lipinski definition) is 1. The lowest BCUT2D eigenvalue weighted by Gasteiger charge is -2.21. The summed E-state index contributed by atoms with van der Waals surface area (Å²) in [5.41, 5.74) is 1.16. The van der Waals surface area contributed by atoms with E-state index < -0.39 is 0 Å². The van der Waals surface area contributed by atoms with Crippen molar-refractivity contribution in [2.45, 2.75) is 70.2 Å². The summed E-state index contributed by atoms with van der Waals surface area (Å²) in [5, 5.41) is 8.30. The molecule has 1 aliphatic carbocycles. The molecule has 2 unspecified atom stereocenters. The van der Waals surface area contributed by atoms with E-state index in [4.69, 9.17) is 9.84 Å². The first kappa shape index (κ1) is 13.1. The van der Waals surface area contributed by atoms with Gasteiger partial charge in [0.2, 0.25) is 0 Å². The average molecular weight is 263 g/mol. The van der Waals surface area contributed by atoms with E-state index in [0.717, 1.165) is 25.3 Å². The van der Waals surface area contributed by atoms with Crippen molar-refractivity contribution in [3.8, 4) is 0 Å². The molecule has 1 saturated heterocycles. The van der Waals surface area contributed by atoms with Crippen LogP contribution in [0.3, 0.4) is 0 Å². The Bertz CT molecular complexity index is 398. The largest absolute Gasteiger partial charge is 0.377 e. The minimum atomic E-state index is 0.334. The van der Waals surface area contributed by atoms with Crippen molar-refractivity contribution in [2.24, 2.45) is 0 Å². The van der Waals surface area contributed by atoms with Gasteiger partial charge in [-0.3, -0.25) is 4.68 Å². The zero-order chi connectivity index (χ0) is 13.1. The van der Waals surface area contributed by atoms with Gasteiger partial charge in [0.25, 0.3) is 0 Å². The van der Waals surface area contributed by atoms with Gasteiger partial charge in [0.15, 0.2) is 0 Å². The molecule has 1 N–H and O–H groups in total. The molecule has 0 spiro atoms. The highest BCUT2D eigenvalue weighted by molar-refractivity contribution is 5.00. The van der Waals surface area contributed by atoms with Crippen LogP contribution in [0.5, 0.6) is 0 Å². The SMILES string of the molecule is CC1OCCC1NCc1ccn(C2CCCCC2)n1. The number of ether oxygens (including phenoxy) is 1. The maximum Gasteiger partial charge on any atom is 0.0762 e. The second-order valence-corrected chi connectivity index (χ2v) is 5.93. The van der Waals surface area contributed by atoms with Crippen molar-refractivity contribution in [2.75, 3.05) is 6.61 Å². The van der Waals surface area contributed by atoms with E-state index in [-0.39, 0.29) is 0 Å². The predicted octanol–water partition coefficient (Wildman–Crippen LogP) is 2.66. The fourth-order valence-corrected chi connectivity index (χ4v) is 3.26. The molecule has 3 rings (SSSR count). The molecule has 1 aliphatic heterocycles. The lowest BCUT2D eigenvalue weighted by atomic mass is 9.96. The van der Waals surface area contributed by atoms with Crippen molar-refractivity contribution in [3.63, 3.8) is 0 Å². The summed E-state index contributed by atoms with van der Waals surface area (Å²) < 4.78 is 7.75. The van der Waals surface area contributed by atoms with Gasteiger partial charge in [0.1, 0.15) is 0 Å². The monoisotopic (exact) mass is 263 g/mol. The highest BCUT2D eigenvalue weighted by atomic mass is 16.5. The van der Waals surface area contributed by atoms with Crippen molar-refractivity contribution in [1.82, 2.24) is 15.1 Å². The Morgan fingerprint density at radius 1 is 1.32 bits per heavy atom. The topological polar surface area (TPSA) is 39.1 Å². The van der Waals surface area contributed by atoms with Gasteiger partial charge < -0.3 is 10.1 Å². The van der Waals surface area contributed by atoms with Crippen molar-refractivity contribution >= 4 is 0 Å². The summed E-state index contributed by atoms with van der Waals surface area (Å²) in [4.78, 5) is 0. The Kier molecular flexibility index (Phi) is 4.18. The standard InChI is InChI=1S/C15H25N3O/c1-12-15(8-10-19-12)16-11-13-7-9-18(17-13)14-5-3-2-4-6-14/h7,9,12,14-16H,2-6,8,10-11H2,1H3. The molecule has 19 heavy (non-hydrogen) atoms. The Morgan fingerprint density at radius 3 is 2.89 bits per heavy atom. The van der Waals surface area contributed by atoms with Crippen LogP contribution in [0.2, 0.25) is 0 Å². The first-order valence-corrected chi connectivity index (χ1v) is 7.72. The zero-order valence-electron chi connectivity index (χ0n) is 11.8. The van der Waals surface area contributed by atoms with Crippen LogP contribution in [0.15, 0.2) is 12.3 Å². The molecule has 1 aromatic rings. The molecule has 0 aromatic carbocycles. The molecular formula is C15H25N3O. The summed E-state index contributed by atoms with van der Waals surface area (Å²) in [7, 11) is 0. The van der Waals surface area contributed by atoms with E-state index in [1.807, 2.05) is 0 Å². The lowest BCUT2D eigenvalue weighted by molar-refractivity contribution is 0.113. The van der Waals surface area contributed by atoms with E-state index in [1.54, 1.807) is 0 Å². The molecule has 0 amide bonds. The highest BCUT2D eigenvalue weighted by Crippen LogP contribution is 2.27. The number of nitrogens with zero attached hydrogens (tertiary/aromatic N) is 2. The Balaban J connectivity index is 1.52. The third kappa shape index (κ3) is 3.18. The lowest BCUT2D eigenvalue weighted by Crippen LogP contribution is -2.34. The Hall–Kier alpha value is -0.870. The number of hydrogen-bond acceptors (Lipinski definition) is 3. The molecule has 0 bridgehead atoms. The van der Waals surface area contributed by atoms with E-state index >= 15 is 0 Å². The van der Waals surface area contributed by atoms with Gasteiger partial charge in [-0.15, -0.1) is 0 Å². The number of nitrogens with one attached hydrogen (secondary N) is 1. The normalized spacial score (nSPS) is 28.9. The number of aromatic nitrogens is 2. The Labute approximate surface area is 115 Å². The summed E-state index contributed by atoms with van der Waals surface area (Å²) in [6.45, 7) is 3.89. The highest BCUT2D eigenvalue weighted by Gasteiger charge is 2.23. The van der Waals surface area contributed by atoms with Gasteiger partial charge in [-0.05, 0) is 32.3 Å². The van der Waals surface area contributed by atoms with Crippen LogP contribution >= 0.6 is 0 Å². The fourth-order valence-electron chi connectivity index (χ4n) is 3.26. The molecule has 2 heterocycles. The summed E-state index contributed by atoms with van der Waals surface area (Å²) >= 11 is 0. The van der Waals surface area contributed by atoms with Gasteiger partial charge in [-0.25, -0.2) is 0 Å². The molecule has 4 heteroatoms. The quantitative estimate of drug-likeness (QED) is 0.907. The van der Waals surface area contributed by atoms with Crippen LogP contribution < -0.4 is 5.32 Å². The van der Waals surface area contributed by atoms with E-state index in [0.29, 0.717) is 18.2 Å². The van der Waals surface area contributed by atoms with E-state index in [9.17, 15) is 0 Å². The van der Waals surface area contributed by atoms with Crippen molar-refractivity contribution in [3.05, 3.63) is 18.0 Å². The third-order valence-corrected chi connectivity index (χ3v) is 4.53. The molecule has 1 aromatic heterocycles. The fraction of sp³-hybridized carbons (Fsp3) is 0.800. The van der Waals surface area contributed by atoms with Crippen LogP contribution in [0.4, 0.5) is 0 Å². The van der Waals surface area contributed by atoms with E-state index in [1.165, 1.54) is 32.1 Å². The van der Waals surface area contributed by atoms with Gasteiger partial charge in [0, 0.05) is 25.4 Å². The molecule has 4 nitrogen and oxygen atoms in total. The molecule has 2 fully saturated rings. The third-order valence-electron chi connectivity index (χ3n) is 4.53. The van der Waals surface area contributed by atoms with Gasteiger partial charge in [0.05, 0.1) is 17.8 Å². The number of rotatable bonds is 4. The van der Waals surface area contributed by atoms with Crippen LogP contribution in [-0.2, 0) is 11.3 Å². The first-order chi connectivity index (χ1) is 9.33. The maximum atomic E-state index is 5.57. The summed E-state index contributed by atoms with van der Waals surface area (Å²) in [6, 6.07) is 3.28. The summed E-state index contributed by atoms with van der Waals surface area (Å²) in [6.07, 6.45) is 10.3. The van der Waals surface area contributed by atoms with Crippen LogP contribution in [0, 0.1) is 0 Å². The zero-order valence-corrected chi connectivity index (χ0v) is 11.8. The second-order valence-electron chi connectivity index (χ2n) is 5.93. The minimum absolute atomic E-state index is 0.334. The predicted molar refractivity (Wildman–Crippen MR) is 75.0 cm³/mol. The molecule has 2 aliphatic rings. The second kappa shape index (κ2) is 6.06. The van der Waals surface area contributed by atoms with Crippen LogP contribution in [-0.4, -0.2) is 28.5 Å². The molecule has 1 saturated carbocycles. The minimum Gasteiger partial charge on any atom is -0.377 e. The first-order valence-electron chi connectivity index (χ1n) is 7.72. The molecule has 0 radical (unpaired) electrons. The van der Waals surface area contributed by atoms with Crippen LogP contribution in [0.25, 0.3) is 0 Å². The van der Waals surface area contributed by atoms with E-state index in [2.05, 4.69) is 29.2 Å². The molecule has 106 valence electrons. The smallest absolute Gasteiger partial charge is 0.0762 e. The maximum absolute atomic E-state index is 5.57. The molecule has 2 atom stereocenters. The summed E-state index contributed by atoms with van der Waals surface area (Å²) in [5.74, 6) is 0. The van der Waals surface area contributed by atoms with Gasteiger partial charge in [-0.1, -0.05) is 19.3 Å². The Morgan fingerprint density at radius 2 is 2.16 bits per heavy atom. The van der Waals surface area contributed by atoms with Crippen molar-refractivity contribution < 1.29 is 4.74 Å². The van der Waals surface area contributed by atoms with Crippen molar-refractivity contribution in [1.29, 1.82) is 0 Å². The molecular weight excluding hydrogens is 238 g/mol. The van der Waals surface area contributed by atoms with Gasteiger partial charge >= 0.3 is 0 Å². The van der Waals surface area contributed by atoms with Gasteiger partial charge in [-0.2, -0.15) is 5.10 Å². The average Bonchev–Trinajstić information content (AvgIpc) is 3.06.